The normalized spacial score (nSPS) is 20.0. The third kappa shape index (κ3) is 3.37. The fraction of sp³-hybridized carbons (Fsp3) is 0.500. The molecule has 1 amide bonds. The minimum absolute atomic E-state index is 0.0577. The Bertz CT molecular complexity index is 852. The summed E-state index contributed by atoms with van der Waals surface area (Å²) in [7, 11) is 3.58. The number of hydrogen-bond acceptors (Lipinski definition) is 4. The van der Waals surface area contributed by atoms with Crippen molar-refractivity contribution in [3.8, 4) is 0 Å². The molecule has 1 N–H and O–H groups in total. The van der Waals surface area contributed by atoms with Gasteiger partial charge in [0.25, 0.3) is 11.5 Å². The van der Waals surface area contributed by atoms with E-state index in [0.29, 0.717) is 18.7 Å². The van der Waals surface area contributed by atoms with Gasteiger partial charge in [0.1, 0.15) is 0 Å². The average molecular weight is 344 g/mol. The van der Waals surface area contributed by atoms with Crippen molar-refractivity contribution in [1.29, 1.82) is 0 Å². The molecular weight excluding hydrogens is 320 g/mol. The number of nitrogens with zero attached hydrogens (tertiary/aromatic N) is 3. The Morgan fingerprint density at radius 3 is 2.80 bits per heavy atom. The highest BCUT2D eigenvalue weighted by Crippen LogP contribution is 2.37. The maximum absolute atomic E-state index is 12.3. The van der Waals surface area contributed by atoms with Crippen molar-refractivity contribution in [2.75, 3.05) is 13.2 Å². The number of pyridine rings is 1. The third-order valence-corrected chi connectivity index (χ3v) is 4.96. The zero-order chi connectivity index (χ0) is 18.1. The Morgan fingerprint density at radius 2 is 2.16 bits per heavy atom. The average Bonchev–Trinajstić information content (AvgIpc) is 3.12. The van der Waals surface area contributed by atoms with Gasteiger partial charge in [-0.3, -0.25) is 14.3 Å². The van der Waals surface area contributed by atoms with Crippen LogP contribution < -0.4 is 10.9 Å². The van der Waals surface area contributed by atoms with Crippen molar-refractivity contribution in [2.24, 2.45) is 20.0 Å². The molecule has 0 aliphatic carbocycles. The van der Waals surface area contributed by atoms with Gasteiger partial charge in [-0.05, 0) is 26.3 Å². The molecule has 0 aromatic carbocycles. The Kier molecular flexibility index (Phi) is 4.76. The van der Waals surface area contributed by atoms with Crippen LogP contribution in [0.2, 0.25) is 0 Å². The Balaban J connectivity index is 1.70. The summed E-state index contributed by atoms with van der Waals surface area (Å²) in [4.78, 5) is 24.0. The van der Waals surface area contributed by atoms with Crippen LogP contribution in [0.5, 0.6) is 0 Å². The van der Waals surface area contributed by atoms with Crippen LogP contribution in [0, 0.1) is 19.8 Å². The van der Waals surface area contributed by atoms with Crippen LogP contribution in [0.15, 0.2) is 23.1 Å². The first-order chi connectivity index (χ1) is 11.9. The zero-order valence-corrected chi connectivity index (χ0v) is 15.1. The van der Waals surface area contributed by atoms with Gasteiger partial charge in [-0.2, -0.15) is 5.10 Å². The number of carbonyl (C=O) groups excluding carboxylic acids is 1. The van der Waals surface area contributed by atoms with E-state index in [2.05, 4.69) is 10.4 Å². The van der Waals surface area contributed by atoms with Crippen molar-refractivity contribution in [1.82, 2.24) is 19.7 Å². The summed E-state index contributed by atoms with van der Waals surface area (Å²) in [6, 6.07) is 3.00. The molecule has 0 unspecified atom stereocenters. The van der Waals surface area contributed by atoms with E-state index in [0.717, 1.165) is 23.4 Å². The molecule has 2 aromatic heterocycles. The molecule has 0 radical (unpaired) electrons. The lowest BCUT2D eigenvalue weighted by atomic mass is 9.94. The molecule has 134 valence electrons. The molecule has 7 nitrogen and oxygen atoms in total. The first-order valence-electron chi connectivity index (χ1n) is 8.45. The van der Waals surface area contributed by atoms with Gasteiger partial charge in [0.15, 0.2) is 0 Å². The van der Waals surface area contributed by atoms with E-state index in [1.54, 1.807) is 19.3 Å². The molecule has 2 aromatic rings. The molecule has 1 fully saturated rings. The minimum Gasteiger partial charge on any atom is -0.373 e. The highest BCUT2D eigenvalue weighted by atomic mass is 16.5. The summed E-state index contributed by atoms with van der Waals surface area (Å²) in [6.07, 6.45) is 2.42. The van der Waals surface area contributed by atoms with E-state index in [-0.39, 0.29) is 23.5 Å². The van der Waals surface area contributed by atoms with E-state index >= 15 is 0 Å². The molecular formula is C18H24N4O3. The van der Waals surface area contributed by atoms with Crippen LogP contribution >= 0.6 is 0 Å². The summed E-state index contributed by atoms with van der Waals surface area (Å²) in [6.45, 7) is 5.20. The topological polar surface area (TPSA) is 78.2 Å². The summed E-state index contributed by atoms with van der Waals surface area (Å²) < 4.78 is 9.24. The fourth-order valence-corrected chi connectivity index (χ4v) is 3.38. The lowest BCUT2D eigenvalue weighted by Crippen LogP contribution is -2.31. The summed E-state index contributed by atoms with van der Waals surface area (Å²) in [5.74, 6) is -0.0416. The van der Waals surface area contributed by atoms with Crippen molar-refractivity contribution in [3.05, 3.63) is 51.2 Å². The van der Waals surface area contributed by atoms with Gasteiger partial charge in [0.05, 0.1) is 11.8 Å². The molecule has 3 heterocycles. The van der Waals surface area contributed by atoms with Crippen molar-refractivity contribution < 1.29 is 9.53 Å². The Hall–Kier alpha value is -2.41. The number of aromatic nitrogens is 3. The second-order valence-corrected chi connectivity index (χ2v) is 6.62. The van der Waals surface area contributed by atoms with Gasteiger partial charge in [0, 0.05) is 62.2 Å². The predicted octanol–water partition coefficient (Wildman–Crippen LogP) is 1.24. The first kappa shape index (κ1) is 17.4. The molecule has 1 aliphatic rings. The van der Waals surface area contributed by atoms with E-state index in [4.69, 9.17) is 4.74 Å². The highest BCUT2D eigenvalue weighted by molar-refractivity contribution is 5.93. The van der Waals surface area contributed by atoms with Crippen LogP contribution in [0.25, 0.3) is 0 Å². The van der Waals surface area contributed by atoms with Crippen molar-refractivity contribution in [3.63, 3.8) is 0 Å². The van der Waals surface area contributed by atoms with Gasteiger partial charge >= 0.3 is 0 Å². The van der Waals surface area contributed by atoms with E-state index in [1.165, 1.54) is 10.6 Å². The number of carbonyl (C=O) groups is 1. The van der Waals surface area contributed by atoms with Crippen LogP contribution in [0.1, 0.15) is 39.8 Å². The lowest BCUT2D eigenvalue weighted by molar-refractivity contribution is 0.0840. The predicted molar refractivity (Wildman–Crippen MR) is 93.5 cm³/mol. The second-order valence-electron chi connectivity index (χ2n) is 6.62. The monoisotopic (exact) mass is 344 g/mol. The van der Waals surface area contributed by atoms with Crippen molar-refractivity contribution in [2.45, 2.75) is 26.4 Å². The number of rotatable bonds is 4. The molecule has 0 spiro atoms. The fourth-order valence-electron chi connectivity index (χ4n) is 3.38. The summed E-state index contributed by atoms with van der Waals surface area (Å²) in [5, 5.41) is 7.40. The van der Waals surface area contributed by atoms with Crippen LogP contribution in [0.4, 0.5) is 0 Å². The first-order valence-corrected chi connectivity index (χ1v) is 8.45. The van der Waals surface area contributed by atoms with Crippen LogP contribution in [-0.4, -0.2) is 33.4 Å². The van der Waals surface area contributed by atoms with E-state index in [1.807, 2.05) is 25.6 Å². The van der Waals surface area contributed by atoms with Gasteiger partial charge in [-0.25, -0.2) is 0 Å². The number of aryl methyl sites for hydroxylation is 3. The van der Waals surface area contributed by atoms with Gasteiger partial charge in [-0.15, -0.1) is 0 Å². The van der Waals surface area contributed by atoms with Gasteiger partial charge < -0.3 is 14.6 Å². The van der Waals surface area contributed by atoms with Crippen molar-refractivity contribution >= 4 is 5.91 Å². The smallest absolute Gasteiger partial charge is 0.251 e. The SMILES string of the molecule is Cc1nn(C)c(C)c1[C@H]1OCC[C@@H]1CNC(=O)c1ccn(C)c(=O)c1. The summed E-state index contributed by atoms with van der Waals surface area (Å²) in [5.41, 5.74) is 3.36. The molecule has 1 aliphatic heterocycles. The van der Waals surface area contributed by atoms with Crippen LogP contribution in [0.3, 0.4) is 0 Å². The third-order valence-electron chi connectivity index (χ3n) is 4.96. The molecule has 0 saturated carbocycles. The van der Waals surface area contributed by atoms with E-state index < -0.39 is 0 Å². The number of nitrogens with one attached hydrogen (secondary N) is 1. The minimum atomic E-state index is -0.233. The zero-order valence-electron chi connectivity index (χ0n) is 15.1. The highest BCUT2D eigenvalue weighted by Gasteiger charge is 2.33. The lowest BCUT2D eigenvalue weighted by Gasteiger charge is -2.20. The standard InChI is InChI=1S/C18H24N4O3/c1-11-16(12(2)22(4)20-11)17-14(6-8-25-17)10-19-18(24)13-5-7-21(3)15(23)9-13/h5,7,9,14,17H,6,8,10H2,1-4H3,(H,19,24)/t14-,17+/m1/s1. The molecule has 25 heavy (non-hydrogen) atoms. The number of hydrogen-bond donors (Lipinski definition) is 1. The van der Waals surface area contributed by atoms with E-state index in [9.17, 15) is 9.59 Å². The quantitative estimate of drug-likeness (QED) is 0.905. The molecule has 7 heteroatoms. The molecule has 2 atom stereocenters. The second kappa shape index (κ2) is 6.84. The number of ether oxygens (including phenoxy) is 1. The Morgan fingerprint density at radius 1 is 1.40 bits per heavy atom. The molecule has 3 rings (SSSR count). The molecule has 1 saturated heterocycles. The summed E-state index contributed by atoms with van der Waals surface area (Å²) >= 11 is 0. The maximum atomic E-state index is 12.3. The Labute approximate surface area is 146 Å². The van der Waals surface area contributed by atoms with Crippen LogP contribution in [-0.2, 0) is 18.8 Å². The maximum Gasteiger partial charge on any atom is 0.251 e. The molecule has 0 bridgehead atoms. The van der Waals surface area contributed by atoms with Gasteiger partial charge in [-0.1, -0.05) is 0 Å². The number of amides is 1. The van der Waals surface area contributed by atoms with Gasteiger partial charge in [0.2, 0.25) is 0 Å². The largest absolute Gasteiger partial charge is 0.373 e.